The molecule has 0 amide bonds. The molecule has 0 atom stereocenters. The van der Waals surface area contributed by atoms with Crippen LogP contribution in [-0.2, 0) is 19.1 Å². The number of hydrogen-bond donors (Lipinski definition) is 0. The molecular formula is C8H12O4. The van der Waals surface area contributed by atoms with E-state index in [0.29, 0.717) is 13.2 Å². The molecular weight excluding hydrogens is 164 g/mol. The van der Waals surface area contributed by atoms with Gasteiger partial charge in [-0.05, 0) is 13.8 Å². The van der Waals surface area contributed by atoms with Gasteiger partial charge in [-0.3, -0.25) is 0 Å². The topological polar surface area (TPSA) is 52.6 Å². The summed E-state index contributed by atoms with van der Waals surface area (Å²) in [6.45, 7) is 3.98. The van der Waals surface area contributed by atoms with Crippen molar-refractivity contribution in [2.75, 3.05) is 13.2 Å². The second kappa shape index (κ2) is 6.39. The van der Waals surface area contributed by atoms with Crippen LogP contribution < -0.4 is 0 Å². The highest BCUT2D eigenvalue weighted by Crippen LogP contribution is 1.84. The highest BCUT2D eigenvalue weighted by Gasteiger charge is 1.97. The number of carbonyl (C=O) groups excluding carboxylic acids is 2. The van der Waals surface area contributed by atoms with Crippen molar-refractivity contribution in [1.82, 2.24) is 0 Å². The fraction of sp³-hybridized carbons (Fsp3) is 0.500. The molecule has 68 valence electrons. The highest BCUT2D eigenvalue weighted by atomic mass is 16.6. The van der Waals surface area contributed by atoms with Crippen LogP contribution in [0, 0.1) is 0 Å². The number of esters is 2. The Morgan fingerprint density at radius 3 is 1.58 bits per heavy atom. The van der Waals surface area contributed by atoms with Gasteiger partial charge in [-0.1, -0.05) is 0 Å². The van der Waals surface area contributed by atoms with Gasteiger partial charge in [-0.25, -0.2) is 9.59 Å². The largest absolute Gasteiger partial charge is 0.463 e. The first kappa shape index (κ1) is 10.7. The molecule has 4 nitrogen and oxygen atoms in total. The molecule has 0 bridgehead atoms. The van der Waals surface area contributed by atoms with E-state index in [4.69, 9.17) is 0 Å². The molecule has 4 heteroatoms. The monoisotopic (exact) mass is 176 g/mol. The second-order valence-corrected chi connectivity index (χ2v) is 1.84. The summed E-state index contributed by atoms with van der Waals surface area (Å²) in [6.07, 6.45) is 2.09. The van der Waals surface area contributed by atoms with Crippen molar-refractivity contribution in [2.24, 2.45) is 0 Å². The summed E-state index contributed by atoms with van der Waals surface area (Å²) in [5.74, 6) is -1.07. The van der Waals surface area contributed by atoms with Crippen molar-refractivity contribution in [1.29, 1.82) is 0 Å². The van der Waals surface area contributed by atoms with Gasteiger partial charge in [0.15, 0.2) is 0 Å². The fourth-order valence-corrected chi connectivity index (χ4v) is 0.517. The number of ether oxygens (including phenoxy) is 2. The Bertz CT molecular complexity index is 163. The van der Waals surface area contributed by atoms with Crippen LogP contribution in [-0.4, -0.2) is 25.2 Å². The first-order valence-electron chi connectivity index (χ1n) is 3.72. The standard InChI is InChI=1S/C8H12O4/c1-3-11-7(9)5-6-8(10)12-4-2/h5-6H,3-4H2,1-2H3/b6-5+/i5+1,6+1,7+1,8+1. The van der Waals surface area contributed by atoms with Gasteiger partial charge in [0.1, 0.15) is 0 Å². The molecule has 0 saturated heterocycles. The third-order valence-corrected chi connectivity index (χ3v) is 0.929. The average Bonchev–Trinajstić information content (AvgIpc) is 2.02. The molecule has 0 aromatic carbocycles. The van der Waals surface area contributed by atoms with Gasteiger partial charge in [0.25, 0.3) is 0 Å². The Balaban J connectivity index is 3.73. The van der Waals surface area contributed by atoms with Crippen molar-refractivity contribution in [3.05, 3.63) is 12.2 Å². The highest BCUT2D eigenvalue weighted by molar-refractivity contribution is 5.91. The Labute approximate surface area is 71.2 Å². The van der Waals surface area contributed by atoms with E-state index in [2.05, 4.69) is 9.47 Å². The maximum absolute atomic E-state index is 10.6. The molecule has 0 aliphatic heterocycles. The first-order valence-corrected chi connectivity index (χ1v) is 3.72. The zero-order chi connectivity index (χ0) is 9.40. The minimum absolute atomic E-state index is 0.298. The summed E-state index contributed by atoms with van der Waals surface area (Å²) >= 11 is 0. The van der Waals surface area contributed by atoms with Gasteiger partial charge in [0, 0.05) is 12.2 Å². The van der Waals surface area contributed by atoms with E-state index in [1.807, 2.05) is 0 Å². The van der Waals surface area contributed by atoms with Crippen LogP contribution in [0.5, 0.6) is 0 Å². The summed E-state index contributed by atoms with van der Waals surface area (Å²) < 4.78 is 9.07. The zero-order valence-corrected chi connectivity index (χ0v) is 7.20. The van der Waals surface area contributed by atoms with Gasteiger partial charge in [0.05, 0.1) is 13.2 Å². The molecule has 0 N–H and O–H groups in total. The van der Waals surface area contributed by atoms with E-state index in [1.54, 1.807) is 13.8 Å². The average molecular weight is 176 g/mol. The Morgan fingerprint density at radius 1 is 1.00 bits per heavy atom. The van der Waals surface area contributed by atoms with Crippen molar-refractivity contribution < 1.29 is 19.1 Å². The van der Waals surface area contributed by atoms with Crippen LogP contribution in [0.4, 0.5) is 0 Å². The first-order chi connectivity index (χ1) is 5.70. The van der Waals surface area contributed by atoms with E-state index < -0.39 is 11.9 Å². The van der Waals surface area contributed by atoms with E-state index in [1.165, 1.54) is 0 Å². The summed E-state index contributed by atoms with van der Waals surface area (Å²) in [5, 5.41) is 0. The minimum atomic E-state index is -0.537. The van der Waals surface area contributed by atoms with Crippen LogP contribution in [0.2, 0.25) is 0 Å². The lowest BCUT2D eigenvalue weighted by atomic mass is 10.9. The zero-order valence-electron chi connectivity index (χ0n) is 7.20. The van der Waals surface area contributed by atoms with E-state index in [-0.39, 0.29) is 0 Å². The summed E-state index contributed by atoms with van der Waals surface area (Å²) in [5.41, 5.74) is 0. The summed E-state index contributed by atoms with van der Waals surface area (Å²) in [6, 6.07) is 0. The van der Waals surface area contributed by atoms with Crippen molar-refractivity contribution in [3.8, 4) is 0 Å². The van der Waals surface area contributed by atoms with Gasteiger partial charge in [-0.15, -0.1) is 0 Å². The van der Waals surface area contributed by atoms with Crippen LogP contribution in [0.3, 0.4) is 0 Å². The van der Waals surface area contributed by atoms with Gasteiger partial charge in [0.2, 0.25) is 0 Å². The maximum atomic E-state index is 10.6. The van der Waals surface area contributed by atoms with E-state index >= 15 is 0 Å². The third kappa shape index (κ3) is 5.46. The number of rotatable bonds is 4. The van der Waals surface area contributed by atoms with Gasteiger partial charge >= 0.3 is 11.9 Å². The molecule has 0 aliphatic rings. The summed E-state index contributed by atoms with van der Waals surface area (Å²) in [7, 11) is 0. The molecule has 0 aromatic rings. The molecule has 0 aromatic heterocycles. The van der Waals surface area contributed by atoms with Crippen molar-refractivity contribution in [2.45, 2.75) is 13.8 Å². The minimum Gasteiger partial charge on any atom is -0.463 e. The lowest BCUT2D eigenvalue weighted by Crippen LogP contribution is -2.03. The van der Waals surface area contributed by atoms with Gasteiger partial charge in [-0.2, -0.15) is 0 Å². The number of carbonyl (C=O) groups is 2. The molecule has 0 rings (SSSR count). The molecule has 0 aliphatic carbocycles. The molecule has 0 heterocycles. The Morgan fingerprint density at radius 2 is 1.33 bits per heavy atom. The normalized spacial score (nSPS) is 9.83. The molecule has 12 heavy (non-hydrogen) atoms. The van der Waals surface area contributed by atoms with Crippen LogP contribution in [0.15, 0.2) is 12.2 Å². The van der Waals surface area contributed by atoms with Crippen LogP contribution in [0.1, 0.15) is 13.8 Å². The van der Waals surface area contributed by atoms with Crippen molar-refractivity contribution in [3.63, 3.8) is 0 Å². The van der Waals surface area contributed by atoms with Crippen LogP contribution in [0.25, 0.3) is 0 Å². The van der Waals surface area contributed by atoms with Crippen molar-refractivity contribution >= 4 is 11.9 Å². The van der Waals surface area contributed by atoms with Crippen LogP contribution >= 0.6 is 0 Å². The molecule has 0 spiro atoms. The molecule has 0 unspecified atom stereocenters. The summed E-state index contributed by atoms with van der Waals surface area (Å²) in [4.78, 5) is 21.3. The molecule has 0 radical (unpaired) electrons. The third-order valence-electron chi connectivity index (χ3n) is 0.929. The second-order valence-electron chi connectivity index (χ2n) is 1.84. The lowest BCUT2D eigenvalue weighted by Gasteiger charge is -1.95. The predicted molar refractivity (Wildman–Crippen MR) is 42.4 cm³/mol. The quantitative estimate of drug-likeness (QED) is 0.359. The van der Waals surface area contributed by atoms with E-state index in [0.717, 1.165) is 12.2 Å². The predicted octanol–water partition coefficient (Wildman–Crippen LogP) is 0.669. The fourth-order valence-electron chi connectivity index (χ4n) is 0.517. The lowest BCUT2D eigenvalue weighted by molar-refractivity contribution is -0.140. The number of hydrogen-bond acceptors (Lipinski definition) is 4. The Hall–Kier alpha value is -1.32. The van der Waals surface area contributed by atoms with Gasteiger partial charge < -0.3 is 9.47 Å². The Kier molecular flexibility index (Phi) is 5.69. The molecule has 0 saturated carbocycles. The maximum Gasteiger partial charge on any atom is 0.330 e. The van der Waals surface area contributed by atoms with E-state index in [9.17, 15) is 9.59 Å². The molecule has 0 fully saturated rings. The smallest absolute Gasteiger partial charge is 0.330 e. The SMILES string of the molecule is CCO[13C](=O)/[13CH]=[13CH]/[13C](=O)OCC.